The number of ketones is 1. The van der Waals surface area contributed by atoms with E-state index in [1.165, 1.54) is 6.07 Å². The van der Waals surface area contributed by atoms with Gasteiger partial charge in [-0.1, -0.05) is 54.6 Å². The number of rotatable bonds is 10. The second kappa shape index (κ2) is 10.9. The van der Waals surface area contributed by atoms with Crippen molar-refractivity contribution < 1.29 is 14.0 Å². The third-order valence-corrected chi connectivity index (χ3v) is 4.54. The van der Waals surface area contributed by atoms with Crippen molar-refractivity contribution >= 4 is 17.4 Å². The number of carbonyl (C=O) groups excluding carboxylic acids is 2. The molecule has 3 rings (SSSR count). The highest BCUT2D eigenvalue weighted by molar-refractivity contribution is 6.02. The third-order valence-electron chi connectivity index (χ3n) is 4.54. The molecule has 6 heteroatoms. The summed E-state index contributed by atoms with van der Waals surface area (Å²) in [6.07, 6.45) is 0. The van der Waals surface area contributed by atoms with Crippen LogP contribution in [0.25, 0.3) is 0 Å². The van der Waals surface area contributed by atoms with Gasteiger partial charge in [-0.15, -0.1) is 0 Å². The van der Waals surface area contributed by atoms with Crippen LogP contribution in [0.1, 0.15) is 26.3 Å². The summed E-state index contributed by atoms with van der Waals surface area (Å²) in [5.41, 5.74) is 2.59. The first-order chi connectivity index (χ1) is 14.6. The third kappa shape index (κ3) is 6.25. The summed E-state index contributed by atoms with van der Waals surface area (Å²) in [5.74, 6) is -0.682. The molecule has 3 aromatic rings. The van der Waals surface area contributed by atoms with Crippen LogP contribution >= 0.6 is 0 Å². The van der Waals surface area contributed by atoms with Gasteiger partial charge in [0.15, 0.2) is 5.78 Å². The molecule has 0 saturated heterocycles. The van der Waals surface area contributed by atoms with Gasteiger partial charge in [0.25, 0.3) is 5.91 Å². The largest absolute Gasteiger partial charge is 0.381 e. The van der Waals surface area contributed by atoms with E-state index in [0.717, 1.165) is 5.56 Å². The lowest BCUT2D eigenvalue weighted by molar-refractivity contribution is 0.0904. The zero-order valence-electron chi connectivity index (χ0n) is 16.5. The smallest absolute Gasteiger partial charge is 0.251 e. The lowest BCUT2D eigenvalue weighted by Crippen LogP contribution is -2.29. The van der Waals surface area contributed by atoms with Crippen LogP contribution in [0.15, 0.2) is 78.9 Å². The first-order valence-electron chi connectivity index (χ1n) is 9.78. The zero-order chi connectivity index (χ0) is 21.2. The van der Waals surface area contributed by atoms with Crippen LogP contribution in [0.4, 0.5) is 10.1 Å². The highest BCUT2D eigenvalue weighted by atomic mass is 19.1. The molecule has 0 radical (unpaired) electrons. The SMILES string of the molecule is O=C(CNC(=O)c1ccc(CNCCNc2ccccc2F)cc1)c1ccccc1. The summed E-state index contributed by atoms with van der Waals surface area (Å²) in [7, 11) is 0. The Morgan fingerprint density at radius 2 is 1.47 bits per heavy atom. The van der Waals surface area contributed by atoms with Crippen molar-refractivity contribution in [1.29, 1.82) is 0 Å². The van der Waals surface area contributed by atoms with E-state index in [0.29, 0.717) is 36.4 Å². The maximum atomic E-state index is 13.5. The Hall–Kier alpha value is -3.51. The van der Waals surface area contributed by atoms with E-state index in [2.05, 4.69) is 16.0 Å². The maximum Gasteiger partial charge on any atom is 0.251 e. The molecular weight excluding hydrogens is 381 g/mol. The molecule has 5 nitrogen and oxygen atoms in total. The number of para-hydroxylation sites is 1. The van der Waals surface area contributed by atoms with Crippen molar-refractivity contribution in [2.24, 2.45) is 0 Å². The van der Waals surface area contributed by atoms with Crippen LogP contribution in [0.5, 0.6) is 0 Å². The number of nitrogens with one attached hydrogen (secondary N) is 3. The van der Waals surface area contributed by atoms with Gasteiger partial charge in [-0.3, -0.25) is 9.59 Å². The number of anilines is 1. The first kappa shape index (κ1) is 21.2. The number of halogens is 1. The minimum Gasteiger partial charge on any atom is -0.381 e. The Morgan fingerprint density at radius 1 is 0.767 bits per heavy atom. The number of carbonyl (C=O) groups is 2. The molecule has 0 fully saturated rings. The van der Waals surface area contributed by atoms with E-state index in [-0.39, 0.29) is 24.1 Å². The van der Waals surface area contributed by atoms with Gasteiger partial charge < -0.3 is 16.0 Å². The fraction of sp³-hybridized carbons (Fsp3) is 0.167. The monoisotopic (exact) mass is 405 g/mol. The van der Waals surface area contributed by atoms with Crippen molar-refractivity contribution in [1.82, 2.24) is 10.6 Å². The van der Waals surface area contributed by atoms with E-state index in [4.69, 9.17) is 0 Å². The second-order valence-corrected chi connectivity index (χ2v) is 6.75. The van der Waals surface area contributed by atoms with Crippen LogP contribution in [0.2, 0.25) is 0 Å². The number of hydrogen-bond donors (Lipinski definition) is 3. The normalized spacial score (nSPS) is 10.4. The van der Waals surface area contributed by atoms with E-state index in [1.54, 1.807) is 54.6 Å². The van der Waals surface area contributed by atoms with E-state index >= 15 is 0 Å². The molecule has 0 aliphatic heterocycles. The van der Waals surface area contributed by atoms with Crippen LogP contribution in [-0.4, -0.2) is 31.3 Å². The fourth-order valence-corrected chi connectivity index (χ4v) is 2.89. The molecule has 0 aliphatic carbocycles. The molecule has 0 aromatic heterocycles. The van der Waals surface area contributed by atoms with E-state index in [1.807, 2.05) is 18.2 Å². The summed E-state index contributed by atoms with van der Waals surface area (Å²) in [6, 6.07) is 22.6. The van der Waals surface area contributed by atoms with E-state index < -0.39 is 0 Å². The summed E-state index contributed by atoms with van der Waals surface area (Å²) in [6.45, 7) is 1.85. The number of benzene rings is 3. The van der Waals surface area contributed by atoms with Gasteiger partial charge >= 0.3 is 0 Å². The van der Waals surface area contributed by atoms with Crippen LogP contribution in [-0.2, 0) is 6.54 Å². The number of hydrogen-bond acceptors (Lipinski definition) is 4. The minimum absolute atomic E-state index is 0.0405. The van der Waals surface area contributed by atoms with Crippen molar-refractivity contribution in [3.63, 3.8) is 0 Å². The average molecular weight is 405 g/mol. The minimum atomic E-state index is -0.284. The van der Waals surface area contributed by atoms with Crippen molar-refractivity contribution in [2.75, 3.05) is 25.0 Å². The van der Waals surface area contributed by atoms with Crippen molar-refractivity contribution in [3.8, 4) is 0 Å². The Balaban J connectivity index is 1.38. The molecular formula is C24H24FN3O2. The molecule has 154 valence electrons. The zero-order valence-corrected chi connectivity index (χ0v) is 16.5. The lowest BCUT2D eigenvalue weighted by atomic mass is 10.1. The predicted molar refractivity (Wildman–Crippen MR) is 116 cm³/mol. The molecule has 1 amide bonds. The topological polar surface area (TPSA) is 70.2 Å². The van der Waals surface area contributed by atoms with Gasteiger partial charge in [-0.25, -0.2) is 4.39 Å². The Kier molecular flexibility index (Phi) is 7.69. The highest BCUT2D eigenvalue weighted by Crippen LogP contribution is 2.11. The molecule has 0 saturated carbocycles. The van der Waals surface area contributed by atoms with Gasteiger partial charge in [-0.2, -0.15) is 0 Å². The van der Waals surface area contributed by atoms with Crippen molar-refractivity contribution in [2.45, 2.75) is 6.54 Å². The quantitative estimate of drug-likeness (QED) is 0.356. The molecule has 30 heavy (non-hydrogen) atoms. The predicted octanol–water partition coefficient (Wildman–Crippen LogP) is 3.64. The number of Topliss-reactive ketones (excluding diaryl/α,β-unsaturated/α-hetero) is 1. The van der Waals surface area contributed by atoms with Gasteiger partial charge in [0.2, 0.25) is 0 Å². The first-order valence-corrected chi connectivity index (χ1v) is 9.78. The highest BCUT2D eigenvalue weighted by Gasteiger charge is 2.09. The summed E-state index contributed by atoms with van der Waals surface area (Å²) < 4.78 is 13.5. The fourth-order valence-electron chi connectivity index (χ4n) is 2.89. The molecule has 0 heterocycles. The van der Waals surface area contributed by atoms with Crippen LogP contribution in [0.3, 0.4) is 0 Å². The molecule has 3 aromatic carbocycles. The summed E-state index contributed by atoms with van der Waals surface area (Å²) >= 11 is 0. The average Bonchev–Trinajstić information content (AvgIpc) is 2.79. The molecule has 0 unspecified atom stereocenters. The molecule has 3 N–H and O–H groups in total. The lowest BCUT2D eigenvalue weighted by Gasteiger charge is -2.09. The second-order valence-electron chi connectivity index (χ2n) is 6.75. The standard InChI is InChI=1S/C24H24FN3O2/c25-21-8-4-5-9-22(21)27-15-14-26-16-18-10-12-20(13-11-18)24(30)28-17-23(29)19-6-2-1-3-7-19/h1-13,26-27H,14-17H2,(H,28,30). The van der Waals surface area contributed by atoms with Crippen molar-refractivity contribution in [3.05, 3.63) is 101 Å². The van der Waals surface area contributed by atoms with Crippen LogP contribution < -0.4 is 16.0 Å². The van der Waals surface area contributed by atoms with Gasteiger partial charge in [-0.05, 0) is 29.8 Å². The molecule has 0 aliphatic rings. The van der Waals surface area contributed by atoms with E-state index in [9.17, 15) is 14.0 Å². The van der Waals surface area contributed by atoms with Gasteiger partial charge in [0.1, 0.15) is 5.82 Å². The maximum absolute atomic E-state index is 13.5. The Bertz CT molecular complexity index is 975. The van der Waals surface area contributed by atoms with Crippen LogP contribution in [0, 0.1) is 5.82 Å². The summed E-state index contributed by atoms with van der Waals surface area (Å²) in [5, 5.41) is 8.96. The van der Waals surface area contributed by atoms with Gasteiger partial charge in [0, 0.05) is 30.8 Å². The Morgan fingerprint density at radius 3 is 2.20 bits per heavy atom. The molecule has 0 bridgehead atoms. The summed E-state index contributed by atoms with van der Waals surface area (Å²) in [4.78, 5) is 24.3. The molecule has 0 atom stereocenters. The van der Waals surface area contributed by atoms with Gasteiger partial charge in [0.05, 0.1) is 12.2 Å². The Labute approximate surface area is 175 Å². The molecule has 0 spiro atoms. The number of amides is 1.